The van der Waals surface area contributed by atoms with Gasteiger partial charge in [-0.1, -0.05) is 6.92 Å². The molecule has 0 aliphatic carbocycles. The van der Waals surface area contributed by atoms with Crippen molar-refractivity contribution in [3.05, 3.63) is 51.7 Å². The molecule has 1 amide bonds. The molecule has 2 aliphatic rings. The lowest BCUT2D eigenvalue weighted by Gasteiger charge is -2.35. The lowest BCUT2D eigenvalue weighted by molar-refractivity contribution is 0.0657. The Kier molecular flexibility index (Phi) is 5.09. The van der Waals surface area contributed by atoms with Crippen molar-refractivity contribution in [1.82, 2.24) is 9.21 Å². The Morgan fingerprint density at radius 3 is 2.48 bits per heavy atom. The zero-order valence-corrected chi connectivity index (χ0v) is 17.1. The van der Waals surface area contributed by atoms with E-state index in [1.807, 2.05) is 4.90 Å². The summed E-state index contributed by atoms with van der Waals surface area (Å²) in [7, 11) is -3.44. The summed E-state index contributed by atoms with van der Waals surface area (Å²) in [6, 6.07) is 8.67. The molecule has 0 N–H and O–H groups in total. The first-order chi connectivity index (χ1) is 13.0. The number of rotatable bonds is 4. The van der Waals surface area contributed by atoms with Gasteiger partial charge >= 0.3 is 0 Å². The average molecular weight is 405 g/mol. The summed E-state index contributed by atoms with van der Waals surface area (Å²) in [5.41, 5.74) is 1.81. The van der Waals surface area contributed by atoms with Gasteiger partial charge in [0.25, 0.3) is 5.91 Å². The van der Waals surface area contributed by atoms with Gasteiger partial charge in [0.2, 0.25) is 10.0 Å². The molecule has 5 nitrogen and oxygen atoms in total. The predicted octanol–water partition coefficient (Wildman–Crippen LogP) is 3.68. The molecule has 1 aromatic carbocycles. The van der Waals surface area contributed by atoms with Crippen molar-refractivity contribution in [3.8, 4) is 0 Å². The van der Waals surface area contributed by atoms with Gasteiger partial charge in [-0.25, -0.2) is 8.42 Å². The fourth-order valence-electron chi connectivity index (χ4n) is 4.09. The molecule has 1 fully saturated rings. The molecular formula is C20H24N2O3S2. The van der Waals surface area contributed by atoms with Crippen molar-refractivity contribution in [3.63, 3.8) is 0 Å². The van der Waals surface area contributed by atoms with Crippen molar-refractivity contribution in [2.75, 3.05) is 19.6 Å². The minimum atomic E-state index is -3.44. The van der Waals surface area contributed by atoms with Gasteiger partial charge in [0.15, 0.2) is 0 Å². The number of nitrogens with zero attached hydrogens (tertiary/aromatic N) is 2. The van der Waals surface area contributed by atoms with Crippen LogP contribution in [0.15, 0.2) is 40.6 Å². The summed E-state index contributed by atoms with van der Waals surface area (Å²) in [5, 5.41) is 2.10. The Bertz CT molecular complexity index is 928. The van der Waals surface area contributed by atoms with Crippen molar-refractivity contribution in [2.24, 2.45) is 0 Å². The summed E-state index contributed by atoms with van der Waals surface area (Å²) in [6.45, 7) is 3.97. The fourth-order valence-corrected chi connectivity index (χ4v) is 6.54. The topological polar surface area (TPSA) is 57.7 Å². The van der Waals surface area contributed by atoms with Crippen LogP contribution in [0, 0.1) is 0 Å². The smallest absolute Gasteiger partial charge is 0.254 e. The van der Waals surface area contributed by atoms with Crippen LogP contribution < -0.4 is 0 Å². The molecule has 0 bridgehead atoms. The first-order valence-corrected chi connectivity index (χ1v) is 11.8. The molecule has 1 atom stereocenters. The maximum atomic E-state index is 13.1. The summed E-state index contributed by atoms with van der Waals surface area (Å²) in [6.07, 6.45) is 3.58. The van der Waals surface area contributed by atoms with E-state index in [1.54, 1.807) is 35.6 Å². The van der Waals surface area contributed by atoms with Gasteiger partial charge < -0.3 is 4.90 Å². The van der Waals surface area contributed by atoms with E-state index in [0.29, 0.717) is 25.2 Å². The zero-order valence-electron chi connectivity index (χ0n) is 15.4. The normalized spacial score (nSPS) is 20.6. The van der Waals surface area contributed by atoms with Crippen LogP contribution in [0.25, 0.3) is 0 Å². The molecule has 144 valence electrons. The van der Waals surface area contributed by atoms with Crippen LogP contribution in [-0.2, 0) is 16.4 Å². The minimum Gasteiger partial charge on any atom is -0.331 e. The van der Waals surface area contributed by atoms with Crippen LogP contribution in [0.5, 0.6) is 0 Å². The second-order valence-electron chi connectivity index (χ2n) is 7.11. The first-order valence-electron chi connectivity index (χ1n) is 9.50. The second-order valence-corrected chi connectivity index (χ2v) is 10.0. The maximum Gasteiger partial charge on any atom is 0.254 e. The monoisotopic (exact) mass is 404 g/mol. The van der Waals surface area contributed by atoms with E-state index in [0.717, 1.165) is 25.7 Å². The van der Waals surface area contributed by atoms with Gasteiger partial charge in [0, 0.05) is 30.1 Å². The van der Waals surface area contributed by atoms with E-state index in [4.69, 9.17) is 0 Å². The van der Waals surface area contributed by atoms with Gasteiger partial charge in [0.05, 0.1) is 10.9 Å². The molecule has 7 heteroatoms. The third-order valence-electron chi connectivity index (χ3n) is 5.55. The summed E-state index contributed by atoms with van der Waals surface area (Å²) in [4.78, 5) is 16.7. The molecular weight excluding hydrogens is 380 g/mol. The van der Waals surface area contributed by atoms with Crippen molar-refractivity contribution < 1.29 is 13.2 Å². The van der Waals surface area contributed by atoms with Crippen LogP contribution in [0.2, 0.25) is 0 Å². The third kappa shape index (κ3) is 3.32. The van der Waals surface area contributed by atoms with Crippen LogP contribution >= 0.6 is 11.3 Å². The second kappa shape index (κ2) is 7.37. The number of thiophene rings is 1. The lowest BCUT2D eigenvalue weighted by Crippen LogP contribution is -2.39. The third-order valence-corrected chi connectivity index (χ3v) is 8.46. The van der Waals surface area contributed by atoms with E-state index >= 15 is 0 Å². The van der Waals surface area contributed by atoms with Gasteiger partial charge in [-0.2, -0.15) is 4.31 Å². The highest BCUT2D eigenvalue weighted by Crippen LogP contribution is 2.36. The van der Waals surface area contributed by atoms with Crippen LogP contribution in [0.4, 0.5) is 0 Å². The molecule has 1 aromatic heterocycles. The summed E-state index contributed by atoms with van der Waals surface area (Å²) >= 11 is 1.76. The van der Waals surface area contributed by atoms with Gasteiger partial charge in [-0.3, -0.25) is 4.79 Å². The highest BCUT2D eigenvalue weighted by Gasteiger charge is 2.31. The van der Waals surface area contributed by atoms with E-state index in [2.05, 4.69) is 18.4 Å². The molecule has 3 heterocycles. The molecule has 2 aliphatic heterocycles. The van der Waals surface area contributed by atoms with E-state index in [-0.39, 0.29) is 16.8 Å². The van der Waals surface area contributed by atoms with Crippen LogP contribution in [0.1, 0.15) is 53.0 Å². The molecule has 0 spiro atoms. The maximum absolute atomic E-state index is 13.1. The van der Waals surface area contributed by atoms with Gasteiger partial charge in [-0.05, 0) is 67.0 Å². The molecule has 2 aromatic rings. The van der Waals surface area contributed by atoms with E-state index in [1.165, 1.54) is 14.7 Å². The van der Waals surface area contributed by atoms with Gasteiger partial charge in [0.1, 0.15) is 0 Å². The molecule has 0 saturated carbocycles. The molecule has 27 heavy (non-hydrogen) atoms. The largest absolute Gasteiger partial charge is 0.331 e. The number of hydrogen-bond donors (Lipinski definition) is 0. The highest BCUT2D eigenvalue weighted by atomic mass is 32.2. The number of carbonyl (C=O) groups is 1. The Labute approximate surface area is 164 Å². The number of hydrogen-bond acceptors (Lipinski definition) is 4. The standard InChI is InChI=1S/C20H24N2O3S2/c1-2-18-17-10-14-26-19(17)9-13-22(18)20(23)15-5-7-16(8-6-15)27(24,25)21-11-3-4-12-21/h5-8,10,14,18H,2-4,9,11-13H2,1H3/t18-/m1/s1. The number of sulfonamides is 1. The fraction of sp³-hybridized carbons (Fsp3) is 0.450. The van der Waals surface area contributed by atoms with Crippen LogP contribution in [0.3, 0.4) is 0 Å². The average Bonchev–Trinajstić information content (AvgIpc) is 3.38. The number of fused-ring (bicyclic) bond motifs is 1. The zero-order chi connectivity index (χ0) is 19.0. The Morgan fingerprint density at radius 1 is 1.11 bits per heavy atom. The lowest BCUT2D eigenvalue weighted by atomic mass is 9.97. The Hall–Kier alpha value is -1.70. The van der Waals surface area contributed by atoms with Crippen molar-refractivity contribution in [1.29, 1.82) is 0 Å². The minimum absolute atomic E-state index is 0.0242. The molecule has 0 radical (unpaired) electrons. The predicted molar refractivity (Wildman–Crippen MR) is 107 cm³/mol. The molecule has 4 rings (SSSR count). The number of carbonyl (C=O) groups excluding carboxylic acids is 1. The van der Waals surface area contributed by atoms with Gasteiger partial charge in [-0.15, -0.1) is 11.3 Å². The van der Waals surface area contributed by atoms with E-state index in [9.17, 15) is 13.2 Å². The quantitative estimate of drug-likeness (QED) is 0.781. The van der Waals surface area contributed by atoms with Crippen molar-refractivity contribution in [2.45, 2.75) is 43.5 Å². The number of amides is 1. The Morgan fingerprint density at radius 2 is 1.81 bits per heavy atom. The number of benzene rings is 1. The van der Waals surface area contributed by atoms with Crippen molar-refractivity contribution >= 4 is 27.3 Å². The molecule has 0 unspecified atom stereocenters. The summed E-state index contributed by atoms with van der Waals surface area (Å²) in [5.74, 6) is -0.0242. The highest BCUT2D eigenvalue weighted by molar-refractivity contribution is 7.89. The van der Waals surface area contributed by atoms with E-state index < -0.39 is 10.0 Å². The first kappa shape index (κ1) is 18.7. The van der Waals surface area contributed by atoms with Crippen LogP contribution in [-0.4, -0.2) is 43.2 Å². The molecule has 1 saturated heterocycles. The summed E-state index contributed by atoms with van der Waals surface area (Å²) < 4.78 is 26.8. The SMILES string of the molecule is CC[C@@H]1c2ccsc2CCN1C(=O)c1ccc(S(=O)(=O)N2CCCC2)cc1. The Balaban J connectivity index is 1.56.